The second-order valence-corrected chi connectivity index (χ2v) is 24.7. The third kappa shape index (κ3) is 15.5. The number of amides is 6. The first-order valence-electron chi connectivity index (χ1n) is 23.8. The number of nitrogens with two attached hydrogens (primary N) is 3. The van der Waals surface area contributed by atoms with Crippen LogP contribution in [0, 0.1) is 18.6 Å². The molecular weight excluding hydrogens is 1070 g/mol. The first-order chi connectivity index (χ1) is 35.1. The molecule has 6 amide bonds. The molecule has 19 nitrogen and oxygen atoms in total. The van der Waals surface area contributed by atoms with Crippen LogP contribution in [0.25, 0.3) is 21.8 Å². The van der Waals surface area contributed by atoms with Gasteiger partial charge in [-0.3, -0.25) is 38.1 Å². The Morgan fingerprint density at radius 2 is 1.17 bits per heavy atom. The molecule has 0 aliphatic rings. The van der Waals surface area contributed by atoms with Gasteiger partial charge in [0.2, 0.25) is 23.6 Å². The maximum Gasteiger partial charge on any atom is 0.269 e. The SMILES string of the molecule is C[C@H](CO)N(CC(=O)NCc1cccc(Cl)c1F)C(=O)Cn1nc(C(N)=O)c2cc(N)ccc21.Cc1ccc2c(c1)c(C(N)=O)nn2CC(=O)N(CC(=O)NCc1cccc(Cl)c1F)[C@H](C)CCC(C)(C)[Si](C)(C)O.Cl. The lowest BCUT2D eigenvalue weighted by Crippen LogP contribution is -2.47. The molecular formula is C51H64Cl3F2N11O8Si. The van der Waals surface area contributed by atoms with E-state index in [0.29, 0.717) is 40.3 Å². The predicted molar refractivity (Wildman–Crippen MR) is 292 cm³/mol. The van der Waals surface area contributed by atoms with Gasteiger partial charge in [0.15, 0.2) is 19.7 Å². The van der Waals surface area contributed by atoms with Gasteiger partial charge >= 0.3 is 0 Å². The van der Waals surface area contributed by atoms with Crippen LogP contribution in [0.1, 0.15) is 78.2 Å². The van der Waals surface area contributed by atoms with Gasteiger partial charge in [0.25, 0.3) is 11.8 Å². The van der Waals surface area contributed by atoms with Crippen molar-refractivity contribution in [2.75, 3.05) is 25.4 Å². The number of primary amides is 2. The molecule has 0 saturated carbocycles. The average Bonchev–Trinajstić information content (AvgIpc) is 3.89. The molecule has 76 heavy (non-hydrogen) atoms. The second-order valence-electron chi connectivity index (χ2n) is 19.4. The number of nitrogens with zero attached hydrogens (tertiary/aromatic N) is 6. The molecule has 25 heteroatoms. The van der Waals surface area contributed by atoms with E-state index in [1.807, 2.05) is 46.9 Å². The Hall–Kier alpha value is -6.69. The Kier molecular flexibility index (Phi) is 21.5. The van der Waals surface area contributed by atoms with Gasteiger partial charge in [-0.2, -0.15) is 10.2 Å². The van der Waals surface area contributed by atoms with Gasteiger partial charge in [-0.15, -0.1) is 12.4 Å². The number of fused-ring (bicyclic) bond motifs is 2. The van der Waals surface area contributed by atoms with Crippen molar-refractivity contribution in [2.24, 2.45) is 11.5 Å². The van der Waals surface area contributed by atoms with Crippen molar-refractivity contribution in [3.8, 4) is 0 Å². The molecule has 0 unspecified atom stereocenters. The van der Waals surface area contributed by atoms with Crippen LogP contribution in [0.4, 0.5) is 14.5 Å². The van der Waals surface area contributed by atoms with Crippen molar-refractivity contribution in [3.63, 3.8) is 0 Å². The smallest absolute Gasteiger partial charge is 0.269 e. The molecule has 410 valence electrons. The molecule has 0 aliphatic carbocycles. The summed E-state index contributed by atoms with van der Waals surface area (Å²) in [7, 11) is -2.50. The summed E-state index contributed by atoms with van der Waals surface area (Å²) >= 11 is 11.6. The number of aryl methyl sites for hydroxylation is 1. The van der Waals surface area contributed by atoms with Crippen molar-refractivity contribution in [1.82, 2.24) is 40.0 Å². The van der Waals surface area contributed by atoms with E-state index in [1.54, 1.807) is 43.3 Å². The van der Waals surface area contributed by atoms with Gasteiger partial charge in [-0.25, -0.2) is 8.78 Å². The summed E-state index contributed by atoms with van der Waals surface area (Å²) < 4.78 is 31.1. The van der Waals surface area contributed by atoms with Crippen LogP contribution in [-0.2, 0) is 45.4 Å². The number of nitrogens with one attached hydrogen (secondary N) is 2. The van der Waals surface area contributed by atoms with Crippen LogP contribution < -0.4 is 27.8 Å². The van der Waals surface area contributed by atoms with E-state index in [1.165, 1.54) is 49.5 Å². The molecule has 4 aromatic carbocycles. The number of aliphatic hydroxyl groups is 1. The van der Waals surface area contributed by atoms with Gasteiger partial charge < -0.3 is 47.5 Å². The van der Waals surface area contributed by atoms with Crippen LogP contribution in [0.2, 0.25) is 28.2 Å². The largest absolute Gasteiger partial charge is 0.432 e. The molecule has 0 spiro atoms. The molecule has 0 fully saturated rings. The standard InChI is InChI=1S/C29H39ClFN5O4Si.C22H24ClFN6O4.ClH/c1-18-10-11-23-21(14-18)27(28(32)39)34-36(23)17-25(38)35(19(2)12-13-29(3,4)41(5,6)40)16-24(37)33-15-20-8-7-9-22(30)26(20)31;1-12(11-31)29(9-18(32)27-8-13-3-2-4-16(23)20(13)24)19(33)10-30-17-6-5-14(25)7-15(17)21(28-30)22(26)34;/h7-11,14,19,40H,12-13,15-17H2,1-6H3,(H2,32,39)(H,33,37);2-7,12,31H,8-11,25H2,1H3,(H2,26,34)(H,27,32);1H/t19-;12-;/m11./s1. The molecule has 2 aromatic heterocycles. The van der Waals surface area contributed by atoms with E-state index in [0.717, 1.165) is 5.56 Å². The van der Waals surface area contributed by atoms with Gasteiger partial charge in [0.05, 0.1) is 46.8 Å². The first kappa shape index (κ1) is 61.9. The fourth-order valence-corrected chi connectivity index (χ4v) is 8.97. The number of aliphatic hydroxyl groups excluding tert-OH is 1. The summed E-state index contributed by atoms with van der Waals surface area (Å²) in [6, 6.07) is 18.0. The van der Waals surface area contributed by atoms with Crippen LogP contribution in [0.3, 0.4) is 0 Å². The quantitative estimate of drug-likeness (QED) is 0.0325. The summed E-state index contributed by atoms with van der Waals surface area (Å²) in [6.45, 7) is 11.2. The first-order valence-corrected chi connectivity index (χ1v) is 27.5. The predicted octanol–water partition coefficient (Wildman–Crippen LogP) is 5.98. The third-order valence-corrected chi connectivity index (χ3v) is 17.3. The van der Waals surface area contributed by atoms with E-state index >= 15 is 0 Å². The molecule has 10 N–H and O–H groups in total. The zero-order valence-corrected chi connectivity index (χ0v) is 46.5. The van der Waals surface area contributed by atoms with Crippen LogP contribution >= 0.6 is 35.6 Å². The summed E-state index contributed by atoms with van der Waals surface area (Å²) in [5.74, 6) is -4.71. The molecule has 6 rings (SSSR count). The molecule has 6 aromatic rings. The highest BCUT2D eigenvalue weighted by atomic mass is 35.5. The van der Waals surface area contributed by atoms with Gasteiger partial charge in [-0.1, -0.05) is 72.9 Å². The highest BCUT2D eigenvalue weighted by Gasteiger charge is 2.38. The maximum absolute atomic E-state index is 14.3. The number of carbonyl (C=O) groups excluding carboxylic acids is 6. The molecule has 2 atom stereocenters. The van der Waals surface area contributed by atoms with Crippen molar-refractivity contribution in [3.05, 3.63) is 123 Å². The van der Waals surface area contributed by atoms with Gasteiger partial charge in [0.1, 0.15) is 24.7 Å². The minimum atomic E-state index is -2.50. The minimum absolute atomic E-state index is 0. The molecule has 0 bridgehead atoms. The lowest BCUT2D eigenvalue weighted by molar-refractivity contribution is -0.139. The summed E-state index contributed by atoms with van der Waals surface area (Å²) in [5.41, 5.74) is 19.5. The highest BCUT2D eigenvalue weighted by molar-refractivity contribution is 6.72. The van der Waals surface area contributed by atoms with Crippen LogP contribution in [0.15, 0.2) is 72.8 Å². The third-order valence-electron chi connectivity index (χ3n) is 13.2. The summed E-state index contributed by atoms with van der Waals surface area (Å²) in [5, 5.41) is 23.8. The lowest BCUT2D eigenvalue weighted by atomic mass is 10.0. The van der Waals surface area contributed by atoms with E-state index < -0.39 is 68.7 Å². The number of aromatic nitrogens is 4. The average molecular weight is 1130 g/mol. The highest BCUT2D eigenvalue weighted by Crippen LogP contribution is 2.40. The lowest BCUT2D eigenvalue weighted by Gasteiger charge is -2.37. The number of halogens is 5. The van der Waals surface area contributed by atoms with Crippen molar-refractivity contribution < 1.29 is 47.5 Å². The fraction of sp³-hybridized carbons (Fsp3) is 0.373. The molecule has 0 radical (unpaired) electrons. The monoisotopic (exact) mass is 1130 g/mol. The Morgan fingerprint density at radius 3 is 1.61 bits per heavy atom. The fourth-order valence-electron chi connectivity index (χ4n) is 7.82. The minimum Gasteiger partial charge on any atom is -0.432 e. The number of anilines is 1. The molecule has 2 heterocycles. The van der Waals surface area contributed by atoms with E-state index in [9.17, 15) is 47.5 Å². The van der Waals surface area contributed by atoms with Gasteiger partial charge in [0, 0.05) is 46.7 Å². The Balaban J connectivity index is 0.000000330. The van der Waals surface area contributed by atoms with Crippen molar-refractivity contribution >= 4 is 107 Å². The number of hydrogen-bond acceptors (Lipinski definition) is 11. The Labute approximate surface area is 455 Å². The van der Waals surface area contributed by atoms with Crippen molar-refractivity contribution in [1.29, 1.82) is 0 Å². The van der Waals surface area contributed by atoms with Crippen molar-refractivity contribution in [2.45, 2.75) is 104 Å². The van der Waals surface area contributed by atoms with Crippen LogP contribution in [-0.4, -0.2) is 115 Å². The number of benzene rings is 4. The topological polar surface area (TPSA) is 287 Å². The van der Waals surface area contributed by atoms with E-state index in [4.69, 9.17) is 40.4 Å². The Morgan fingerprint density at radius 1 is 0.737 bits per heavy atom. The maximum atomic E-state index is 14.3. The summed E-state index contributed by atoms with van der Waals surface area (Å²) in [4.78, 5) is 89.5. The number of nitrogen functional groups attached to an aromatic ring is 1. The number of rotatable bonds is 21. The summed E-state index contributed by atoms with van der Waals surface area (Å²) in [6.07, 6.45) is 1.18. The van der Waals surface area contributed by atoms with Crippen LogP contribution in [0.5, 0.6) is 0 Å². The second kappa shape index (κ2) is 26.4. The zero-order valence-electron chi connectivity index (χ0n) is 43.1. The molecule has 0 aliphatic heterocycles. The van der Waals surface area contributed by atoms with E-state index in [-0.39, 0.29) is 94.7 Å². The zero-order chi connectivity index (χ0) is 55.7. The molecule has 0 saturated heterocycles. The van der Waals surface area contributed by atoms with E-state index in [2.05, 4.69) is 20.8 Å². The van der Waals surface area contributed by atoms with Gasteiger partial charge in [-0.05, 0) is 94.2 Å². The number of hydrogen-bond donors (Lipinski definition) is 7. The normalized spacial score (nSPS) is 12.2. The Bertz CT molecular complexity index is 3110. The number of carbonyl (C=O) groups is 6.